The standard InChI is InChI=1S/C18H30N4O2.HI/c1-15(22(3)14-16-8-6-5-7-9-16)10-12-20-18(19-2)21-13-11-17(23)24-4;/h5-9,15H,10-14H2,1-4H3,(H2,19,20,21);1H. The van der Waals surface area contributed by atoms with Crippen LogP contribution >= 0.6 is 24.0 Å². The molecule has 0 saturated heterocycles. The summed E-state index contributed by atoms with van der Waals surface area (Å²) in [5.41, 5.74) is 1.32. The van der Waals surface area contributed by atoms with Crippen molar-refractivity contribution in [2.24, 2.45) is 4.99 Å². The summed E-state index contributed by atoms with van der Waals surface area (Å²) in [5.74, 6) is 0.478. The van der Waals surface area contributed by atoms with Crippen LogP contribution in [0, 0.1) is 0 Å². The number of hydrogen-bond acceptors (Lipinski definition) is 4. The Morgan fingerprint density at radius 2 is 1.88 bits per heavy atom. The molecule has 0 saturated carbocycles. The number of esters is 1. The van der Waals surface area contributed by atoms with Crippen molar-refractivity contribution in [3.05, 3.63) is 35.9 Å². The first-order valence-electron chi connectivity index (χ1n) is 8.32. The molecular weight excluding hydrogens is 431 g/mol. The van der Waals surface area contributed by atoms with Gasteiger partial charge in [0.15, 0.2) is 5.96 Å². The van der Waals surface area contributed by atoms with Gasteiger partial charge in [0, 0.05) is 32.7 Å². The van der Waals surface area contributed by atoms with Gasteiger partial charge in [-0.3, -0.25) is 14.7 Å². The van der Waals surface area contributed by atoms with Crippen molar-refractivity contribution >= 4 is 35.9 Å². The fraction of sp³-hybridized carbons (Fsp3) is 0.556. The summed E-state index contributed by atoms with van der Waals surface area (Å²) in [6.45, 7) is 4.49. The highest BCUT2D eigenvalue weighted by molar-refractivity contribution is 14.0. The van der Waals surface area contributed by atoms with Gasteiger partial charge in [-0.2, -0.15) is 0 Å². The Kier molecular flexibility index (Phi) is 13.1. The fourth-order valence-electron chi connectivity index (χ4n) is 2.25. The van der Waals surface area contributed by atoms with Gasteiger partial charge in [-0.1, -0.05) is 30.3 Å². The number of nitrogens with zero attached hydrogens (tertiary/aromatic N) is 2. The van der Waals surface area contributed by atoms with Crippen molar-refractivity contribution in [2.75, 3.05) is 34.3 Å². The highest BCUT2D eigenvalue weighted by Gasteiger charge is 2.10. The Hall–Kier alpha value is -1.35. The van der Waals surface area contributed by atoms with Gasteiger partial charge in [-0.25, -0.2) is 0 Å². The molecule has 0 radical (unpaired) electrons. The van der Waals surface area contributed by atoms with E-state index in [-0.39, 0.29) is 29.9 Å². The lowest BCUT2D eigenvalue weighted by molar-refractivity contribution is -0.140. The van der Waals surface area contributed by atoms with E-state index in [1.165, 1.54) is 12.7 Å². The summed E-state index contributed by atoms with van der Waals surface area (Å²) in [7, 11) is 5.25. The fourth-order valence-corrected chi connectivity index (χ4v) is 2.25. The van der Waals surface area contributed by atoms with E-state index in [1.807, 2.05) is 6.07 Å². The van der Waals surface area contributed by atoms with Gasteiger partial charge in [0.1, 0.15) is 0 Å². The molecule has 1 aromatic rings. The Balaban J connectivity index is 0.00000576. The second kappa shape index (κ2) is 13.9. The van der Waals surface area contributed by atoms with Gasteiger partial charge < -0.3 is 15.4 Å². The Morgan fingerprint density at radius 3 is 2.48 bits per heavy atom. The topological polar surface area (TPSA) is 66.0 Å². The maximum absolute atomic E-state index is 11.1. The number of benzene rings is 1. The first-order valence-corrected chi connectivity index (χ1v) is 8.32. The SMILES string of the molecule is CN=C(NCCC(=O)OC)NCCC(C)N(C)Cc1ccccc1.I. The average molecular weight is 462 g/mol. The Labute approximate surface area is 168 Å². The van der Waals surface area contributed by atoms with Gasteiger partial charge in [0.25, 0.3) is 0 Å². The molecule has 0 aromatic heterocycles. The van der Waals surface area contributed by atoms with Crippen LogP contribution in [-0.2, 0) is 16.1 Å². The minimum atomic E-state index is -0.228. The molecule has 6 nitrogen and oxygen atoms in total. The molecular formula is C18H31IN4O2. The lowest BCUT2D eigenvalue weighted by Crippen LogP contribution is -2.40. The molecule has 0 heterocycles. The zero-order chi connectivity index (χ0) is 17.8. The van der Waals surface area contributed by atoms with E-state index in [0.717, 1.165) is 19.5 Å². The molecule has 0 fully saturated rings. The number of hydrogen-bond donors (Lipinski definition) is 2. The molecule has 0 spiro atoms. The average Bonchev–Trinajstić information content (AvgIpc) is 2.60. The Morgan fingerprint density at radius 1 is 1.24 bits per heavy atom. The van der Waals surface area contributed by atoms with Crippen molar-refractivity contribution in [3.8, 4) is 0 Å². The van der Waals surface area contributed by atoms with Crippen LogP contribution in [0.3, 0.4) is 0 Å². The summed E-state index contributed by atoms with van der Waals surface area (Å²) in [5, 5.41) is 6.37. The number of guanidine groups is 1. The molecule has 1 rings (SSSR count). The molecule has 25 heavy (non-hydrogen) atoms. The number of methoxy groups -OCH3 is 1. The van der Waals surface area contributed by atoms with E-state index in [9.17, 15) is 4.79 Å². The second-order valence-electron chi connectivity index (χ2n) is 5.79. The van der Waals surface area contributed by atoms with Crippen LogP contribution in [-0.4, -0.2) is 57.2 Å². The van der Waals surface area contributed by atoms with E-state index in [0.29, 0.717) is 25.0 Å². The second-order valence-corrected chi connectivity index (χ2v) is 5.79. The number of carbonyl (C=O) groups is 1. The first kappa shape index (κ1) is 23.6. The van der Waals surface area contributed by atoms with Gasteiger partial charge in [0.2, 0.25) is 0 Å². The summed E-state index contributed by atoms with van der Waals surface area (Å²) in [6.07, 6.45) is 1.33. The largest absolute Gasteiger partial charge is 0.469 e. The molecule has 1 unspecified atom stereocenters. The van der Waals surface area contributed by atoms with Crippen LogP contribution in [0.4, 0.5) is 0 Å². The van der Waals surface area contributed by atoms with E-state index < -0.39 is 0 Å². The normalized spacial score (nSPS) is 12.3. The van der Waals surface area contributed by atoms with E-state index >= 15 is 0 Å². The van der Waals surface area contributed by atoms with Crippen LogP contribution in [0.2, 0.25) is 0 Å². The quantitative estimate of drug-likeness (QED) is 0.255. The number of halogens is 1. The van der Waals surface area contributed by atoms with Crippen LogP contribution in [0.25, 0.3) is 0 Å². The van der Waals surface area contributed by atoms with Crippen molar-refractivity contribution < 1.29 is 9.53 Å². The third kappa shape index (κ3) is 10.3. The summed E-state index contributed by atoms with van der Waals surface area (Å²) in [4.78, 5) is 17.6. The van der Waals surface area contributed by atoms with E-state index in [2.05, 4.69) is 63.5 Å². The van der Waals surface area contributed by atoms with E-state index in [4.69, 9.17) is 0 Å². The number of rotatable bonds is 9. The zero-order valence-corrected chi connectivity index (χ0v) is 17.9. The summed E-state index contributed by atoms with van der Waals surface area (Å²) in [6, 6.07) is 10.9. The zero-order valence-electron chi connectivity index (χ0n) is 15.6. The van der Waals surface area contributed by atoms with Crippen LogP contribution in [0.15, 0.2) is 35.3 Å². The molecule has 1 atom stereocenters. The van der Waals surface area contributed by atoms with Crippen molar-refractivity contribution in [1.82, 2.24) is 15.5 Å². The van der Waals surface area contributed by atoms with Crippen molar-refractivity contribution in [1.29, 1.82) is 0 Å². The van der Waals surface area contributed by atoms with Crippen LogP contribution < -0.4 is 10.6 Å². The smallest absolute Gasteiger partial charge is 0.307 e. The Bertz CT molecular complexity index is 511. The van der Waals surface area contributed by atoms with Gasteiger partial charge in [-0.15, -0.1) is 24.0 Å². The maximum Gasteiger partial charge on any atom is 0.307 e. The number of carbonyl (C=O) groups excluding carboxylic acids is 1. The van der Waals surface area contributed by atoms with Crippen molar-refractivity contribution in [3.63, 3.8) is 0 Å². The molecule has 2 N–H and O–H groups in total. The monoisotopic (exact) mass is 462 g/mol. The van der Waals surface area contributed by atoms with Gasteiger partial charge in [0.05, 0.1) is 13.5 Å². The molecule has 142 valence electrons. The summed E-state index contributed by atoms with van der Waals surface area (Å²) >= 11 is 0. The van der Waals surface area contributed by atoms with Crippen LogP contribution in [0.5, 0.6) is 0 Å². The minimum absolute atomic E-state index is 0. The predicted molar refractivity (Wildman–Crippen MR) is 113 cm³/mol. The molecule has 0 aliphatic heterocycles. The van der Waals surface area contributed by atoms with Gasteiger partial charge in [-0.05, 0) is 26.0 Å². The van der Waals surface area contributed by atoms with Gasteiger partial charge >= 0.3 is 5.97 Å². The molecule has 0 amide bonds. The predicted octanol–water partition coefficient (Wildman–Crippen LogP) is 2.24. The number of nitrogens with one attached hydrogen (secondary N) is 2. The lowest BCUT2D eigenvalue weighted by atomic mass is 10.1. The molecule has 7 heteroatoms. The highest BCUT2D eigenvalue weighted by atomic mass is 127. The highest BCUT2D eigenvalue weighted by Crippen LogP contribution is 2.07. The molecule has 0 aliphatic rings. The third-order valence-electron chi connectivity index (χ3n) is 3.95. The minimum Gasteiger partial charge on any atom is -0.469 e. The van der Waals surface area contributed by atoms with Crippen LogP contribution in [0.1, 0.15) is 25.3 Å². The number of ether oxygens (including phenoxy) is 1. The number of aliphatic imine (C=N–C) groups is 1. The molecule has 0 aliphatic carbocycles. The third-order valence-corrected chi connectivity index (χ3v) is 3.95. The lowest BCUT2D eigenvalue weighted by Gasteiger charge is -2.25. The summed E-state index contributed by atoms with van der Waals surface area (Å²) < 4.78 is 4.61. The molecule has 0 bridgehead atoms. The van der Waals surface area contributed by atoms with Crippen molar-refractivity contribution in [2.45, 2.75) is 32.4 Å². The maximum atomic E-state index is 11.1. The first-order chi connectivity index (χ1) is 11.6. The van der Waals surface area contributed by atoms with E-state index in [1.54, 1.807) is 7.05 Å². The molecule has 1 aromatic carbocycles.